The fourth-order valence-corrected chi connectivity index (χ4v) is 2.30. The zero-order valence-corrected chi connectivity index (χ0v) is 12.8. The standard InChI is InChI=1S/C12H11BrF5NO3/c1-2-21-9(20)3-6-7(4-13)8(22-12(16,17)18)5-19-10(6)11(14)15/h5,11H,2-4H2,1H3. The first-order chi connectivity index (χ1) is 10.2. The van der Waals surface area contributed by atoms with Crippen LogP contribution < -0.4 is 4.74 Å². The van der Waals surface area contributed by atoms with Gasteiger partial charge in [0.2, 0.25) is 0 Å². The molecule has 10 heteroatoms. The Morgan fingerprint density at radius 1 is 1.36 bits per heavy atom. The molecule has 124 valence electrons. The number of hydrogen-bond acceptors (Lipinski definition) is 4. The van der Waals surface area contributed by atoms with Crippen LogP contribution in [-0.2, 0) is 21.3 Å². The van der Waals surface area contributed by atoms with E-state index in [4.69, 9.17) is 0 Å². The number of hydrogen-bond donors (Lipinski definition) is 0. The number of rotatable bonds is 6. The summed E-state index contributed by atoms with van der Waals surface area (Å²) in [6.07, 6.45) is -8.13. The Labute approximate surface area is 130 Å². The van der Waals surface area contributed by atoms with Crippen LogP contribution in [-0.4, -0.2) is 23.9 Å². The van der Waals surface area contributed by atoms with Crippen molar-refractivity contribution in [1.82, 2.24) is 4.98 Å². The fraction of sp³-hybridized carbons (Fsp3) is 0.500. The van der Waals surface area contributed by atoms with E-state index >= 15 is 0 Å². The topological polar surface area (TPSA) is 48.4 Å². The molecule has 0 amide bonds. The number of ether oxygens (including phenoxy) is 2. The molecule has 0 aliphatic carbocycles. The van der Waals surface area contributed by atoms with E-state index in [9.17, 15) is 26.7 Å². The highest BCUT2D eigenvalue weighted by molar-refractivity contribution is 9.08. The number of nitrogens with zero attached hydrogens (tertiary/aromatic N) is 1. The molecule has 0 unspecified atom stereocenters. The predicted molar refractivity (Wildman–Crippen MR) is 68.8 cm³/mol. The normalized spacial score (nSPS) is 11.6. The first-order valence-electron chi connectivity index (χ1n) is 5.95. The lowest BCUT2D eigenvalue weighted by Gasteiger charge is -2.17. The molecule has 0 radical (unpaired) electrons. The van der Waals surface area contributed by atoms with E-state index in [0.29, 0.717) is 6.20 Å². The van der Waals surface area contributed by atoms with E-state index in [1.54, 1.807) is 0 Å². The van der Waals surface area contributed by atoms with Gasteiger partial charge in [-0.1, -0.05) is 15.9 Å². The van der Waals surface area contributed by atoms with Crippen molar-refractivity contribution in [3.8, 4) is 5.75 Å². The number of carbonyl (C=O) groups is 1. The molecule has 0 fully saturated rings. The van der Waals surface area contributed by atoms with Gasteiger partial charge in [0, 0.05) is 10.9 Å². The monoisotopic (exact) mass is 391 g/mol. The van der Waals surface area contributed by atoms with Gasteiger partial charge < -0.3 is 9.47 Å². The van der Waals surface area contributed by atoms with Crippen LogP contribution in [0.4, 0.5) is 22.0 Å². The molecular formula is C12H11BrF5NO3. The summed E-state index contributed by atoms with van der Waals surface area (Å²) in [5, 5.41) is -0.227. The molecule has 0 aliphatic heterocycles. The van der Waals surface area contributed by atoms with Crippen LogP contribution >= 0.6 is 15.9 Å². The molecule has 1 aromatic heterocycles. The number of pyridine rings is 1. The van der Waals surface area contributed by atoms with Crippen molar-refractivity contribution in [2.75, 3.05) is 6.61 Å². The lowest BCUT2D eigenvalue weighted by molar-refractivity contribution is -0.275. The first-order valence-corrected chi connectivity index (χ1v) is 7.07. The van der Waals surface area contributed by atoms with Crippen molar-refractivity contribution in [3.05, 3.63) is 23.0 Å². The smallest absolute Gasteiger partial charge is 0.466 e. The quantitative estimate of drug-likeness (QED) is 0.419. The summed E-state index contributed by atoms with van der Waals surface area (Å²) in [6, 6.07) is 0. The third-order valence-corrected chi connectivity index (χ3v) is 3.04. The van der Waals surface area contributed by atoms with Crippen LogP contribution in [0.3, 0.4) is 0 Å². The Morgan fingerprint density at radius 3 is 2.45 bits per heavy atom. The van der Waals surface area contributed by atoms with E-state index < -0.39 is 36.6 Å². The van der Waals surface area contributed by atoms with E-state index in [0.717, 1.165) is 0 Å². The van der Waals surface area contributed by atoms with Gasteiger partial charge in [-0.2, -0.15) is 0 Å². The maximum atomic E-state index is 13.0. The summed E-state index contributed by atoms with van der Waals surface area (Å²) in [6.45, 7) is 1.53. The minimum Gasteiger partial charge on any atom is -0.466 e. The Morgan fingerprint density at radius 2 is 2.00 bits per heavy atom. The van der Waals surface area contributed by atoms with Gasteiger partial charge in [-0.3, -0.25) is 9.78 Å². The Hall–Kier alpha value is -1.45. The molecule has 1 rings (SSSR count). The first kappa shape index (κ1) is 18.6. The number of halogens is 6. The Kier molecular flexibility index (Phi) is 6.51. The summed E-state index contributed by atoms with van der Waals surface area (Å²) in [5.41, 5.74) is -1.35. The SMILES string of the molecule is CCOC(=O)Cc1c(C(F)F)ncc(OC(F)(F)F)c1CBr. The minimum absolute atomic E-state index is 0.0126. The van der Waals surface area contributed by atoms with E-state index in [2.05, 4.69) is 30.4 Å². The molecule has 0 saturated heterocycles. The molecule has 0 saturated carbocycles. The molecule has 0 bridgehead atoms. The predicted octanol–water partition coefficient (Wildman–Crippen LogP) is 3.92. The van der Waals surface area contributed by atoms with Gasteiger partial charge in [-0.15, -0.1) is 13.2 Å². The van der Waals surface area contributed by atoms with Crippen LogP contribution in [0.2, 0.25) is 0 Å². The van der Waals surface area contributed by atoms with Gasteiger partial charge in [0.1, 0.15) is 5.69 Å². The molecular weight excluding hydrogens is 381 g/mol. The number of aromatic nitrogens is 1. The number of esters is 1. The molecule has 0 spiro atoms. The molecule has 1 aromatic rings. The maximum Gasteiger partial charge on any atom is 0.573 e. The molecule has 1 heterocycles. The van der Waals surface area contributed by atoms with Crippen molar-refractivity contribution >= 4 is 21.9 Å². The Balaban J connectivity index is 3.32. The second-order valence-electron chi connectivity index (χ2n) is 3.93. The summed E-state index contributed by atoms with van der Waals surface area (Å²) in [4.78, 5) is 14.8. The van der Waals surface area contributed by atoms with Crippen LogP contribution in [0.15, 0.2) is 6.20 Å². The summed E-state index contributed by atoms with van der Waals surface area (Å²) in [5.74, 6) is -1.59. The van der Waals surface area contributed by atoms with E-state index in [1.807, 2.05) is 0 Å². The van der Waals surface area contributed by atoms with Gasteiger partial charge in [0.25, 0.3) is 6.43 Å². The fourth-order valence-electron chi connectivity index (χ4n) is 1.69. The highest BCUT2D eigenvalue weighted by Gasteiger charge is 2.34. The third-order valence-electron chi connectivity index (χ3n) is 2.48. The maximum absolute atomic E-state index is 13.0. The zero-order chi connectivity index (χ0) is 16.9. The summed E-state index contributed by atoms with van der Waals surface area (Å²) in [7, 11) is 0. The molecule has 22 heavy (non-hydrogen) atoms. The van der Waals surface area contributed by atoms with Crippen molar-refractivity contribution < 1.29 is 36.2 Å². The van der Waals surface area contributed by atoms with Crippen molar-refractivity contribution in [3.63, 3.8) is 0 Å². The Bertz CT molecular complexity index is 536. The highest BCUT2D eigenvalue weighted by Crippen LogP contribution is 2.34. The number of alkyl halides is 6. The largest absolute Gasteiger partial charge is 0.573 e. The highest BCUT2D eigenvalue weighted by atomic mass is 79.9. The molecule has 0 aromatic carbocycles. The lowest BCUT2D eigenvalue weighted by Crippen LogP contribution is -2.20. The average Bonchev–Trinajstić information content (AvgIpc) is 2.37. The summed E-state index contributed by atoms with van der Waals surface area (Å²) >= 11 is 2.91. The van der Waals surface area contributed by atoms with Crippen molar-refractivity contribution in [1.29, 1.82) is 0 Å². The minimum atomic E-state index is -5.01. The van der Waals surface area contributed by atoms with Crippen molar-refractivity contribution in [2.45, 2.75) is 31.5 Å². The second-order valence-corrected chi connectivity index (χ2v) is 4.49. The van der Waals surface area contributed by atoms with Gasteiger partial charge in [-0.25, -0.2) is 8.78 Å². The van der Waals surface area contributed by atoms with Gasteiger partial charge in [0.05, 0.1) is 19.2 Å². The molecule has 0 aliphatic rings. The van der Waals surface area contributed by atoms with E-state index in [1.165, 1.54) is 6.92 Å². The van der Waals surface area contributed by atoms with Crippen LogP contribution in [0.25, 0.3) is 0 Å². The zero-order valence-electron chi connectivity index (χ0n) is 11.2. The van der Waals surface area contributed by atoms with Gasteiger partial charge in [-0.05, 0) is 12.5 Å². The molecule has 4 nitrogen and oxygen atoms in total. The molecule has 0 N–H and O–H groups in total. The van der Waals surface area contributed by atoms with Crippen LogP contribution in [0, 0.1) is 0 Å². The van der Waals surface area contributed by atoms with Gasteiger partial charge in [0.15, 0.2) is 5.75 Å². The lowest BCUT2D eigenvalue weighted by atomic mass is 10.0. The second kappa shape index (κ2) is 7.70. The van der Waals surface area contributed by atoms with Crippen LogP contribution in [0.1, 0.15) is 30.2 Å². The number of carbonyl (C=O) groups excluding carboxylic acids is 1. The third kappa shape index (κ3) is 5.08. The molecule has 0 atom stereocenters. The van der Waals surface area contributed by atoms with Crippen molar-refractivity contribution in [2.24, 2.45) is 0 Å². The van der Waals surface area contributed by atoms with Gasteiger partial charge >= 0.3 is 12.3 Å². The summed E-state index contributed by atoms with van der Waals surface area (Å²) < 4.78 is 71.3. The van der Waals surface area contributed by atoms with E-state index in [-0.39, 0.29) is 23.1 Å². The van der Waals surface area contributed by atoms with Crippen LogP contribution in [0.5, 0.6) is 5.75 Å². The average molecular weight is 392 g/mol.